The van der Waals surface area contributed by atoms with E-state index in [2.05, 4.69) is 15.1 Å². The predicted octanol–water partition coefficient (Wildman–Crippen LogP) is 2.08. The Balaban J connectivity index is 1.41. The van der Waals surface area contributed by atoms with Crippen LogP contribution >= 0.6 is 0 Å². The maximum absolute atomic E-state index is 12.6. The van der Waals surface area contributed by atoms with Crippen LogP contribution in [0.4, 0.5) is 0 Å². The molecule has 144 valence electrons. The van der Waals surface area contributed by atoms with Crippen molar-refractivity contribution in [2.45, 2.75) is 58.4 Å². The van der Waals surface area contributed by atoms with Gasteiger partial charge >= 0.3 is 5.97 Å². The van der Waals surface area contributed by atoms with E-state index in [1.807, 2.05) is 24.8 Å². The Kier molecular flexibility index (Phi) is 4.80. The van der Waals surface area contributed by atoms with Gasteiger partial charge in [-0.3, -0.25) is 4.79 Å². The number of carbonyl (C=O) groups is 2. The van der Waals surface area contributed by atoms with Gasteiger partial charge in [-0.25, -0.2) is 14.3 Å². The smallest absolute Gasteiger partial charge is 0.378 e. The zero-order valence-corrected chi connectivity index (χ0v) is 15.8. The molecular weight excluding hydrogens is 346 g/mol. The maximum atomic E-state index is 12.6. The standard InChI is InChI=1S/C19H25N5O3/c1-12-10-13(2)24-19(20-12)21-17(22-24)18(26)27-11-16(25)23-9-5-7-14-6-3-4-8-15(14)23/h10,14-15H,3-9,11H2,1-2H3/t14-,15+/m1/s1. The van der Waals surface area contributed by atoms with Crippen molar-refractivity contribution >= 4 is 17.7 Å². The minimum Gasteiger partial charge on any atom is -0.450 e. The summed E-state index contributed by atoms with van der Waals surface area (Å²) in [6, 6.07) is 2.17. The summed E-state index contributed by atoms with van der Waals surface area (Å²) in [6.45, 7) is 4.22. The number of hydrogen-bond acceptors (Lipinski definition) is 6. The molecule has 0 N–H and O–H groups in total. The van der Waals surface area contributed by atoms with E-state index in [1.165, 1.54) is 30.2 Å². The Hall–Kier alpha value is -2.51. The summed E-state index contributed by atoms with van der Waals surface area (Å²) in [5.74, 6) is 0.0755. The highest BCUT2D eigenvalue weighted by Gasteiger charge is 2.36. The second-order valence-corrected chi connectivity index (χ2v) is 7.60. The molecule has 1 amide bonds. The molecule has 3 heterocycles. The molecule has 2 aliphatic rings. The normalized spacial score (nSPS) is 22.5. The van der Waals surface area contributed by atoms with Crippen LogP contribution in [0.5, 0.6) is 0 Å². The Labute approximate surface area is 157 Å². The zero-order valence-electron chi connectivity index (χ0n) is 15.8. The average Bonchev–Trinajstić information content (AvgIpc) is 3.10. The Morgan fingerprint density at radius 2 is 1.93 bits per heavy atom. The largest absolute Gasteiger partial charge is 0.450 e. The first-order valence-corrected chi connectivity index (χ1v) is 9.70. The molecular formula is C19H25N5O3. The lowest BCUT2D eigenvalue weighted by Crippen LogP contribution is -2.50. The summed E-state index contributed by atoms with van der Waals surface area (Å²) in [5.41, 5.74) is 1.63. The molecule has 8 heteroatoms. The van der Waals surface area contributed by atoms with Crippen molar-refractivity contribution in [1.29, 1.82) is 0 Å². The fourth-order valence-corrected chi connectivity index (χ4v) is 4.46. The first-order chi connectivity index (χ1) is 13.0. The number of carbonyl (C=O) groups excluding carboxylic acids is 2. The SMILES string of the molecule is Cc1cc(C)n2nc(C(=O)OCC(=O)N3CCC[C@H]4CCCC[C@@H]43)nc2n1. The van der Waals surface area contributed by atoms with Crippen molar-refractivity contribution in [2.75, 3.05) is 13.2 Å². The zero-order chi connectivity index (χ0) is 19.0. The highest BCUT2D eigenvalue weighted by atomic mass is 16.5. The van der Waals surface area contributed by atoms with Gasteiger partial charge in [-0.2, -0.15) is 4.98 Å². The van der Waals surface area contributed by atoms with Crippen molar-refractivity contribution in [1.82, 2.24) is 24.5 Å². The predicted molar refractivity (Wildman–Crippen MR) is 97.2 cm³/mol. The van der Waals surface area contributed by atoms with Crippen LogP contribution in [0.2, 0.25) is 0 Å². The Morgan fingerprint density at radius 3 is 2.78 bits per heavy atom. The highest BCUT2D eigenvalue weighted by molar-refractivity contribution is 5.88. The number of aromatic nitrogens is 4. The van der Waals surface area contributed by atoms with Crippen LogP contribution in [0.3, 0.4) is 0 Å². The summed E-state index contributed by atoms with van der Waals surface area (Å²) >= 11 is 0. The van der Waals surface area contributed by atoms with Crippen LogP contribution in [0.1, 0.15) is 60.5 Å². The number of amides is 1. The van der Waals surface area contributed by atoms with Gasteiger partial charge < -0.3 is 9.64 Å². The fraction of sp³-hybridized carbons (Fsp3) is 0.632. The first kappa shape index (κ1) is 17.9. The van der Waals surface area contributed by atoms with Crippen molar-refractivity contribution in [3.8, 4) is 0 Å². The number of piperidine rings is 1. The lowest BCUT2D eigenvalue weighted by atomic mass is 9.78. The molecule has 8 nitrogen and oxygen atoms in total. The molecule has 0 radical (unpaired) electrons. The van der Waals surface area contributed by atoms with Crippen LogP contribution in [0, 0.1) is 19.8 Å². The number of hydrogen-bond donors (Lipinski definition) is 0. The highest BCUT2D eigenvalue weighted by Crippen LogP contribution is 2.35. The van der Waals surface area contributed by atoms with E-state index >= 15 is 0 Å². The lowest BCUT2D eigenvalue weighted by Gasteiger charge is -2.44. The molecule has 1 aliphatic carbocycles. The second kappa shape index (κ2) is 7.25. The van der Waals surface area contributed by atoms with Crippen LogP contribution in [-0.2, 0) is 9.53 Å². The molecule has 0 bridgehead atoms. The molecule has 1 saturated heterocycles. The number of esters is 1. The van der Waals surface area contributed by atoms with Crippen LogP contribution in [-0.4, -0.2) is 55.6 Å². The number of likely N-dealkylation sites (tertiary alicyclic amines) is 1. The second-order valence-electron chi connectivity index (χ2n) is 7.60. The monoisotopic (exact) mass is 371 g/mol. The molecule has 4 rings (SSSR count). The molecule has 1 aliphatic heterocycles. The molecule has 1 saturated carbocycles. The molecule has 0 spiro atoms. The fourth-order valence-electron chi connectivity index (χ4n) is 4.46. The molecule has 0 aromatic carbocycles. The Morgan fingerprint density at radius 1 is 1.15 bits per heavy atom. The third kappa shape index (κ3) is 3.52. The van der Waals surface area contributed by atoms with E-state index in [1.54, 1.807) is 0 Å². The molecule has 27 heavy (non-hydrogen) atoms. The van der Waals surface area contributed by atoms with Gasteiger partial charge in [-0.05, 0) is 51.5 Å². The van der Waals surface area contributed by atoms with Gasteiger partial charge in [0.1, 0.15) is 0 Å². The molecule has 2 atom stereocenters. The topological polar surface area (TPSA) is 89.7 Å². The van der Waals surface area contributed by atoms with Gasteiger partial charge in [0, 0.05) is 24.0 Å². The van der Waals surface area contributed by atoms with E-state index in [0.29, 0.717) is 17.7 Å². The van der Waals surface area contributed by atoms with E-state index in [4.69, 9.17) is 4.74 Å². The minimum atomic E-state index is -0.692. The van der Waals surface area contributed by atoms with E-state index in [0.717, 1.165) is 30.8 Å². The third-order valence-electron chi connectivity index (χ3n) is 5.69. The number of nitrogens with zero attached hydrogens (tertiary/aromatic N) is 5. The Bertz CT molecular complexity index is 876. The molecule has 2 fully saturated rings. The number of fused-ring (bicyclic) bond motifs is 2. The summed E-state index contributed by atoms with van der Waals surface area (Å²) in [6.07, 6.45) is 6.91. The van der Waals surface area contributed by atoms with Gasteiger partial charge in [0.05, 0.1) is 0 Å². The molecule has 2 aromatic rings. The van der Waals surface area contributed by atoms with Crippen molar-refractivity contribution in [3.05, 3.63) is 23.3 Å². The van der Waals surface area contributed by atoms with Gasteiger partial charge in [-0.1, -0.05) is 12.8 Å². The summed E-state index contributed by atoms with van der Waals surface area (Å²) in [7, 11) is 0. The van der Waals surface area contributed by atoms with Gasteiger partial charge in [0.15, 0.2) is 6.61 Å². The van der Waals surface area contributed by atoms with Crippen LogP contribution < -0.4 is 0 Å². The lowest BCUT2D eigenvalue weighted by molar-refractivity contribution is -0.140. The van der Waals surface area contributed by atoms with Crippen molar-refractivity contribution < 1.29 is 14.3 Å². The maximum Gasteiger partial charge on any atom is 0.378 e. The summed E-state index contributed by atoms with van der Waals surface area (Å²) < 4.78 is 6.73. The van der Waals surface area contributed by atoms with Gasteiger partial charge in [0.2, 0.25) is 0 Å². The van der Waals surface area contributed by atoms with E-state index < -0.39 is 5.97 Å². The van der Waals surface area contributed by atoms with E-state index in [9.17, 15) is 9.59 Å². The number of rotatable bonds is 3. The van der Waals surface area contributed by atoms with Crippen LogP contribution in [0.15, 0.2) is 6.07 Å². The quantitative estimate of drug-likeness (QED) is 0.768. The summed E-state index contributed by atoms with van der Waals surface area (Å²) in [4.78, 5) is 35.3. The van der Waals surface area contributed by atoms with E-state index in [-0.39, 0.29) is 18.3 Å². The number of ether oxygens (including phenoxy) is 1. The van der Waals surface area contributed by atoms with Gasteiger partial charge in [-0.15, -0.1) is 5.10 Å². The van der Waals surface area contributed by atoms with Crippen molar-refractivity contribution in [2.24, 2.45) is 5.92 Å². The van der Waals surface area contributed by atoms with Gasteiger partial charge in [0.25, 0.3) is 17.5 Å². The van der Waals surface area contributed by atoms with Crippen LogP contribution in [0.25, 0.3) is 5.78 Å². The molecule has 0 unspecified atom stereocenters. The minimum absolute atomic E-state index is 0.0711. The molecule has 2 aromatic heterocycles. The number of aryl methyl sites for hydroxylation is 2. The summed E-state index contributed by atoms with van der Waals surface area (Å²) in [5, 5.41) is 4.15. The van der Waals surface area contributed by atoms with Crippen molar-refractivity contribution in [3.63, 3.8) is 0 Å². The average molecular weight is 371 g/mol. The third-order valence-corrected chi connectivity index (χ3v) is 5.69. The first-order valence-electron chi connectivity index (χ1n) is 9.70.